The number of hydrogen-bond acceptors (Lipinski definition) is 4. The van der Waals surface area contributed by atoms with E-state index in [0.717, 1.165) is 5.56 Å². The summed E-state index contributed by atoms with van der Waals surface area (Å²) in [4.78, 5) is 11.1. The van der Waals surface area contributed by atoms with Crippen LogP contribution in [0.15, 0.2) is 18.2 Å². The number of aryl methyl sites for hydroxylation is 1. The molecule has 0 aliphatic heterocycles. The minimum atomic E-state index is -0.187. The first kappa shape index (κ1) is 11.4. The van der Waals surface area contributed by atoms with Crippen LogP contribution in [0.1, 0.15) is 18.9 Å². The smallest absolute Gasteiger partial charge is 0.306 e. The van der Waals surface area contributed by atoms with Crippen molar-refractivity contribution in [3.05, 3.63) is 23.8 Å². The van der Waals surface area contributed by atoms with Gasteiger partial charge in [0.25, 0.3) is 0 Å². The van der Waals surface area contributed by atoms with Crippen molar-refractivity contribution in [3.8, 4) is 0 Å². The molecule has 0 amide bonds. The zero-order valence-electron chi connectivity index (χ0n) is 8.82. The summed E-state index contributed by atoms with van der Waals surface area (Å²) in [6.07, 6.45) is 1.00. The molecule has 1 aromatic carbocycles. The molecule has 0 atom stereocenters. The van der Waals surface area contributed by atoms with Gasteiger partial charge in [0.1, 0.15) is 0 Å². The third kappa shape index (κ3) is 3.50. The number of carbonyl (C=O) groups is 1. The van der Waals surface area contributed by atoms with E-state index < -0.39 is 0 Å². The van der Waals surface area contributed by atoms with Crippen molar-refractivity contribution >= 4 is 17.3 Å². The lowest BCUT2D eigenvalue weighted by Gasteiger charge is -2.04. The number of benzene rings is 1. The Labute approximate surface area is 89.2 Å². The van der Waals surface area contributed by atoms with Gasteiger partial charge in [-0.25, -0.2) is 0 Å². The summed E-state index contributed by atoms with van der Waals surface area (Å²) < 4.78 is 4.82. The highest BCUT2D eigenvalue weighted by Gasteiger charge is 2.03. The van der Waals surface area contributed by atoms with Crippen LogP contribution >= 0.6 is 0 Å². The second kappa shape index (κ2) is 5.24. The standard InChI is InChI=1S/C11H16N2O2/c1-2-15-11(14)6-4-8-3-5-9(12)10(13)7-8/h3,5,7H,2,4,6,12-13H2,1H3. The summed E-state index contributed by atoms with van der Waals surface area (Å²) >= 11 is 0. The van der Waals surface area contributed by atoms with Gasteiger partial charge in [-0.1, -0.05) is 6.07 Å². The molecule has 0 fully saturated rings. The molecule has 0 radical (unpaired) electrons. The maximum atomic E-state index is 11.1. The fourth-order valence-electron chi connectivity index (χ4n) is 1.26. The number of anilines is 2. The molecule has 0 saturated carbocycles. The van der Waals surface area contributed by atoms with Crippen LogP contribution in [0.3, 0.4) is 0 Å². The lowest BCUT2D eigenvalue weighted by Crippen LogP contribution is -2.05. The third-order valence-electron chi connectivity index (χ3n) is 2.07. The first-order chi connectivity index (χ1) is 7.13. The average molecular weight is 208 g/mol. The van der Waals surface area contributed by atoms with Crippen LogP contribution in [0.4, 0.5) is 11.4 Å². The van der Waals surface area contributed by atoms with Crippen molar-refractivity contribution in [1.29, 1.82) is 0 Å². The first-order valence-corrected chi connectivity index (χ1v) is 4.93. The van der Waals surface area contributed by atoms with E-state index in [9.17, 15) is 4.79 Å². The lowest BCUT2D eigenvalue weighted by molar-refractivity contribution is -0.143. The molecule has 0 heterocycles. The van der Waals surface area contributed by atoms with Gasteiger partial charge < -0.3 is 16.2 Å². The van der Waals surface area contributed by atoms with Crippen molar-refractivity contribution in [2.45, 2.75) is 19.8 Å². The fourth-order valence-corrected chi connectivity index (χ4v) is 1.26. The summed E-state index contributed by atoms with van der Waals surface area (Å²) in [5.41, 5.74) is 13.3. The third-order valence-corrected chi connectivity index (χ3v) is 2.07. The maximum Gasteiger partial charge on any atom is 0.306 e. The molecule has 15 heavy (non-hydrogen) atoms. The van der Waals surface area contributed by atoms with Gasteiger partial charge in [-0.15, -0.1) is 0 Å². The molecule has 4 N–H and O–H groups in total. The number of nitrogens with two attached hydrogens (primary N) is 2. The van der Waals surface area contributed by atoms with Crippen molar-refractivity contribution in [2.75, 3.05) is 18.1 Å². The first-order valence-electron chi connectivity index (χ1n) is 4.93. The molecule has 1 aromatic rings. The molecular weight excluding hydrogens is 192 g/mol. The van der Waals surface area contributed by atoms with Crippen molar-refractivity contribution in [2.24, 2.45) is 0 Å². The van der Waals surface area contributed by atoms with Crippen LogP contribution < -0.4 is 11.5 Å². The molecule has 82 valence electrons. The summed E-state index contributed by atoms with van der Waals surface area (Å²) in [6.45, 7) is 2.21. The normalized spacial score (nSPS) is 9.93. The van der Waals surface area contributed by atoms with Crippen molar-refractivity contribution in [3.63, 3.8) is 0 Å². The van der Waals surface area contributed by atoms with E-state index in [1.165, 1.54) is 0 Å². The Morgan fingerprint density at radius 1 is 1.33 bits per heavy atom. The van der Waals surface area contributed by atoms with Crippen LogP contribution in [0, 0.1) is 0 Å². The minimum Gasteiger partial charge on any atom is -0.466 e. The number of rotatable bonds is 4. The molecule has 0 bridgehead atoms. The molecule has 1 rings (SSSR count). The van der Waals surface area contributed by atoms with Gasteiger partial charge in [-0.2, -0.15) is 0 Å². The zero-order chi connectivity index (χ0) is 11.3. The Balaban J connectivity index is 2.51. The number of carbonyl (C=O) groups excluding carboxylic acids is 1. The monoisotopic (exact) mass is 208 g/mol. The van der Waals surface area contributed by atoms with Crippen LogP contribution in [-0.4, -0.2) is 12.6 Å². The summed E-state index contributed by atoms with van der Waals surface area (Å²) in [7, 11) is 0. The summed E-state index contributed by atoms with van der Waals surface area (Å²) in [5, 5.41) is 0. The van der Waals surface area contributed by atoms with E-state index in [1.807, 2.05) is 6.07 Å². The van der Waals surface area contributed by atoms with E-state index in [2.05, 4.69) is 0 Å². The van der Waals surface area contributed by atoms with E-state index in [-0.39, 0.29) is 5.97 Å². The van der Waals surface area contributed by atoms with E-state index in [4.69, 9.17) is 16.2 Å². The predicted octanol–water partition coefficient (Wildman–Crippen LogP) is 1.35. The van der Waals surface area contributed by atoms with Crippen LogP contribution in [0.5, 0.6) is 0 Å². The molecule has 0 aliphatic carbocycles. The Morgan fingerprint density at radius 3 is 2.67 bits per heavy atom. The Morgan fingerprint density at radius 2 is 2.07 bits per heavy atom. The quantitative estimate of drug-likeness (QED) is 0.578. The van der Waals surface area contributed by atoms with E-state index >= 15 is 0 Å². The topological polar surface area (TPSA) is 78.3 Å². The van der Waals surface area contributed by atoms with Gasteiger partial charge in [-0.3, -0.25) is 4.79 Å². The van der Waals surface area contributed by atoms with Crippen LogP contribution in [0.2, 0.25) is 0 Å². The zero-order valence-corrected chi connectivity index (χ0v) is 8.82. The second-order valence-electron chi connectivity index (χ2n) is 3.27. The molecule has 4 nitrogen and oxygen atoms in total. The average Bonchev–Trinajstić information content (AvgIpc) is 2.20. The molecular formula is C11H16N2O2. The van der Waals surface area contributed by atoms with Gasteiger partial charge in [0, 0.05) is 6.42 Å². The molecule has 4 heteroatoms. The van der Waals surface area contributed by atoms with Gasteiger partial charge in [-0.05, 0) is 31.0 Å². The van der Waals surface area contributed by atoms with Crippen molar-refractivity contribution in [1.82, 2.24) is 0 Å². The van der Waals surface area contributed by atoms with Gasteiger partial charge in [0.05, 0.1) is 18.0 Å². The summed E-state index contributed by atoms with van der Waals surface area (Å²) in [5.74, 6) is -0.187. The Bertz CT molecular complexity index is 350. The number of ether oxygens (including phenoxy) is 1. The Hall–Kier alpha value is -1.71. The van der Waals surface area contributed by atoms with Crippen LogP contribution in [0.25, 0.3) is 0 Å². The highest BCUT2D eigenvalue weighted by atomic mass is 16.5. The second-order valence-corrected chi connectivity index (χ2v) is 3.27. The predicted molar refractivity (Wildman–Crippen MR) is 60.2 cm³/mol. The summed E-state index contributed by atoms with van der Waals surface area (Å²) in [6, 6.07) is 5.40. The molecule has 0 aliphatic rings. The highest BCUT2D eigenvalue weighted by Crippen LogP contribution is 2.17. The Kier molecular flexibility index (Phi) is 3.97. The van der Waals surface area contributed by atoms with E-state index in [0.29, 0.717) is 30.8 Å². The molecule has 0 saturated heterocycles. The SMILES string of the molecule is CCOC(=O)CCc1ccc(N)c(N)c1. The van der Waals surface area contributed by atoms with Crippen LogP contribution in [-0.2, 0) is 16.0 Å². The van der Waals surface area contributed by atoms with Gasteiger partial charge >= 0.3 is 5.97 Å². The maximum absolute atomic E-state index is 11.1. The van der Waals surface area contributed by atoms with E-state index in [1.54, 1.807) is 19.1 Å². The molecule has 0 aromatic heterocycles. The lowest BCUT2D eigenvalue weighted by atomic mass is 10.1. The molecule has 0 spiro atoms. The highest BCUT2D eigenvalue weighted by molar-refractivity contribution is 5.70. The number of hydrogen-bond donors (Lipinski definition) is 2. The minimum absolute atomic E-state index is 0.187. The largest absolute Gasteiger partial charge is 0.466 e. The number of nitrogen functional groups attached to an aromatic ring is 2. The van der Waals surface area contributed by atoms with Crippen molar-refractivity contribution < 1.29 is 9.53 Å². The van der Waals surface area contributed by atoms with Gasteiger partial charge in [0.15, 0.2) is 0 Å². The van der Waals surface area contributed by atoms with Gasteiger partial charge in [0.2, 0.25) is 0 Å². The number of esters is 1. The molecule has 0 unspecified atom stereocenters. The fraction of sp³-hybridized carbons (Fsp3) is 0.364.